The number of amides is 2. The molecule has 0 spiro atoms. The molecule has 2 amide bonds. The molecule has 0 aromatic carbocycles. The quantitative estimate of drug-likeness (QED) is 0.562. The summed E-state index contributed by atoms with van der Waals surface area (Å²) in [7, 11) is 2.89. The van der Waals surface area contributed by atoms with Gasteiger partial charge in [-0.2, -0.15) is 5.10 Å². The maximum atomic E-state index is 12.6. The van der Waals surface area contributed by atoms with Crippen LogP contribution >= 0.6 is 0 Å². The van der Waals surface area contributed by atoms with Crippen LogP contribution in [-0.2, 0) is 25.8 Å². The van der Waals surface area contributed by atoms with Crippen molar-refractivity contribution in [2.24, 2.45) is 5.16 Å². The summed E-state index contributed by atoms with van der Waals surface area (Å²) in [6.07, 6.45) is 5.90. The molecule has 0 unspecified atom stereocenters. The molecular formula is C21H27N7O4. The molecule has 0 atom stereocenters. The van der Waals surface area contributed by atoms with Gasteiger partial charge in [0.15, 0.2) is 5.65 Å². The molecule has 0 bridgehead atoms. The highest BCUT2D eigenvalue weighted by Crippen LogP contribution is 2.35. The monoisotopic (exact) mass is 441 g/mol. The molecule has 1 fully saturated rings. The zero-order valence-corrected chi connectivity index (χ0v) is 18.4. The number of nitrogens with zero attached hydrogens (tertiary/aromatic N) is 4. The van der Waals surface area contributed by atoms with Gasteiger partial charge in [0.2, 0.25) is 0 Å². The summed E-state index contributed by atoms with van der Waals surface area (Å²) in [5.74, 6) is -0.885. The number of hydrogen-bond acceptors (Lipinski definition) is 8. The molecule has 32 heavy (non-hydrogen) atoms. The van der Waals surface area contributed by atoms with Crippen molar-refractivity contribution in [3.05, 3.63) is 18.0 Å². The van der Waals surface area contributed by atoms with E-state index in [0.29, 0.717) is 36.3 Å². The number of hydrogen-bond donors (Lipinski definition) is 3. The standard InChI is InChI=1S/C21H27N7O4/c1-4-28-18-15(11-25-28)17(26-12-5-7-13(29)8-6-12)14(10-24-18)16-9-21(32-27-16,19(30)22-2)20(31)23-3/h10-12H,4-9H2,1-3H3,(H,22,30)(H,23,31)(H,24,26). The second-order valence-corrected chi connectivity index (χ2v) is 7.99. The number of likely N-dealkylation sites (N-methyl/N-ethyl adjacent to an activating group) is 2. The van der Waals surface area contributed by atoms with Crippen LogP contribution < -0.4 is 16.0 Å². The topological polar surface area (TPSA) is 140 Å². The van der Waals surface area contributed by atoms with E-state index < -0.39 is 17.4 Å². The lowest BCUT2D eigenvalue weighted by Gasteiger charge is -2.25. The van der Waals surface area contributed by atoms with E-state index in [1.807, 2.05) is 6.92 Å². The van der Waals surface area contributed by atoms with Gasteiger partial charge in [-0.1, -0.05) is 5.16 Å². The molecule has 11 heteroatoms. The summed E-state index contributed by atoms with van der Waals surface area (Å²) in [5, 5.41) is 17.9. The summed E-state index contributed by atoms with van der Waals surface area (Å²) in [6, 6.07) is 0.104. The first-order chi connectivity index (χ1) is 15.4. The number of fused-ring (bicyclic) bond motifs is 1. The minimum Gasteiger partial charge on any atom is -0.381 e. The van der Waals surface area contributed by atoms with Gasteiger partial charge in [-0.3, -0.25) is 14.4 Å². The van der Waals surface area contributed by atoms with Gasteiger partial charge in [0, 0.05) is 51.3 Å². The van der Waals surface area contributed by atoms with Gasteiger partial charge < -0.3 is 20.8 Å². The second kappa shape index (κ2) is 8.56. The van der Waals surface area contributed by atoms with E-state index in [9.17, 15) is 14.4 Å². The van der Waals surface area contributed by atoms with Crippen LogP contribution in [-0.4, -0.2) is 63.8 Å². The molecule has 1 saturated carbocycles. The summed E-state index contributed by atoms with van der Waals surface area (Å²) in [4.78, 5) is 46.8. The van der Waals surface area contributed by atoms with Crippen LogP contribution in [0.1, 0.15) is 44.6 Å². The van der Waals surface area contributed by atoms with Gasteiger partial charge in [-0.25, -0.2) is 9.67 Å². The number of Topliss-reactive ketones (excluding diaryl/α,β-unsaturated/α-hetero) is 1. The molecule has 2 aliphatic rings. The van der Waals surface area contributed by atoms with Crippen LogP contribution in [0.2, 0.25) is 0 Å². The number of carbonyl (C=O) groups is 3. The number of oxime groups is 1. The number of carbonyl (C=O) groups excluding carboxylic acids is 3. The third kappa shape index (κ3) is 3.57. The Labute approximate surface area is 184 Å². The predicted molar refractivity (Wildman–Crippen MR) is 117 cm³/mol. The van der Waals surface area contributed by atoms with Crippen LogP contribution in [0.15, 0.2) is 17.5 Å². The van der Waals surface area contributed by atoms with Crippen LogP contribution in [0.25, 0.3) is 11.0 Å². The Kier molecular flexibility index (Phi) is 5.81. The van der Waals surface area contributed by atoms with E-state index in [-0.39, 0.29) is 18.2 Å². The first-order valence-electron chi connectivity index (χ1n) is 10.8. The molecule has 170 valence electrons. The average molecular weight is 441 g/mol. The van der Waals surface area contributed by atoms with Gasteiger partial charge in [0.25, 0.3) is 17.4 Å². The molecule has 0 radical (unpaired) electrons. The zero-order chi connectivity index (χ0) is 22.9. The van der Waals surface area contributed by atoms with Gasteiger partial charge in [0.05, 0.1) is 29.4 Å². The Hall–Kier alpha value is -3.50. The Morgan fingerprint density at radius 2 is 1.88 bits per heavy atom. The molecule has 2 aromatic heterocycles. The number of ketones is 1. The Bertz CT molecular complexity index is 1080. The van der Waals surface area contributed by atoms with Crippen LogP contribution in [0.4, 0.5) is 5.69 Å². The third-order valence-corrected chi connectivity index (χ3v) is 6.08. The number of aryl methyl sites for hydroxylation is 1. The van der Waals surface area contributed by atoms with E-state index in [0.717, 1.165) is 23.9 Å². The van der Waals surface area contributed by atoms with Crippen LogP contribution in [0.5, 0.6) is 0 Å². The first kappa shape index (κ1) is 21.7. The summed E-state index contributed by atoms with van der Waals surface area (Å²) in [6.45, 7) is 2.64. The minimum absolute atomic E-state index is 0.0424. The fourth-order valence-electron chi connectivity index (χ4n) is 4.25. The van der Waals surface area contributed by atoms with Gasteiger partial charge in [-0.05, 0) is 19.8 Å². The highest BCUT2D eigenvalue weighted by molar-refractivity contribution is 6.18. The highest BCUT2D eigenvalue weighted by Gasteiger charge is 2.53. The number of anilines is 1. The van der Waals surface area contributed by atoms with Crippen molar-refractivity contribution in [3.63, 3.8) is 0 Å². The Morgan fingerprint density at radius 1 is 1.19 bits per heavy atom. The first-order valence-corrected chi connectivity index (χ1v) is 10.8. The molecule has 1 aliphatic heterocycles. The fraction of sp³-hybridized carbons (Fsp3) is 0.524. The third-order valence-electron chi connectivity index (χ3n) is 6.08. The lowest BCUT2D eigenvalue weighted by Crippen LogP contribution is -2.56. The Morgan fingerprint density at radius 3 is 2.50 bits per heavy atom. The van der Waals surface area contributed by atoms with Crippen molar-refractivity contribution in [2.75, 3.05) is 19.4 Å². The second-order valence-electron chi connectivity index (χ2n) is 7.99. The van der Waals surface area contributed by atoms with Gasteiger partial charge >= 0.3 is 0 Å². The smallest absolute Gasteiger partial charge is 0.297 e. The summed E-state index contributed by atoms with van der Waals surface area (Å²) in [5.41, 5.74) is 0.774. The largest absolute Gasteiger partial charge is 0.381 e. The number of rotatable bonds is 6. The maximum absolute atomic E-state index is 12.6. The molecular weight excluding hydrogens is 414 g/mol. The molecule has 11 nitrogen and oxygen atoms in total. The summed E-state index contributed by atoms with van der Waals surface area (Å²) < 4.78 is 1.79. The van der Waals surface area contributed by atoms with Crippen LogP contribution in [0, 0.1) is 0 Å². The van der Waals surface area contributed by atoms with Crippen molar-refractivity contribution < 1.29 is 19.2 Å². The number of pyridine rings is 1. The Balaban J connectivity index is 1.74. The van der Waals surface area contributed by atoms with E-state index in [1.54, 1.807) is 17.1 Å². The van der Waals surface area contributed by atoms with Gasteiger partial charge in [-0.15, -0.1) is 0 Å². The van der Waals surface area contributed by atoms with Crippen LogP contribution in [0.3, 0.4) is 0 Å². The molecule has 4 rings (SSSR count). The maximum Gasteiger partial charge on any atom is 0.297 e. The molecule has 0 saturated heterocycles. The predicted octanol–water partition coefficient (Wildman–Crippen LogP) is 0.730. The van der Waals surface area contributed by atoms with Crippen molar-refractivity contribution >= 4 is 40.0 Å². The summed E-state index contributed by atoms with van der Waals surface area (Å²) >= 11 is 0. The van der Waals surface area contributed by atoms with E-state index in [1.165, 1.54) is 14.1 Å². The molecule has 1 aliphatic carbocycles. The SMILES string of the molecule is CCn1ncc2c(NC3CCC(=O)CC3)c(C3=NOC(C(=O)NC)(C(=O)NC)C3)cnc21. The van der Waals surface area contributed by atoms with Crippen molar-refractivity contribution in [1.29, 1.82) is 0 Å². The van der Waals surface area contributed by atoms with Crippen molar-refractivity contribution in [1.82, 2.24) is 25.4 Å². The number of aromatic nitrogens is 3. The van der Waals surface area contributed by atoms with Crippen molar-refractivity contribution in [2.45, 2.75) is 57.2 Å². The molecule has 3 N–H and O–H groups in total. The van der Waals surface area contributed by atoms with Gasteiger partial charge in [0.1, 0.15) is 5.78 Å². The lowest BCUT2D eigenvalue weighted by atomic mass is 9.91. The average Bonchev–Trinajstić information content (AvgIpc) is 3.45. The fourth-order valence-corrected chi connectivity index (χ4v) is 4.25. The minimum atomic E-state index is -1.78. The lowest BCUT2D eigenvalue weighted by molar-refractivity contribution is -0.157. The van der Waals surface area contributed by atoms with E-state index in [2.05, 4.69) is 31.2 Å². The number of nitrogens with one attached hydrogen (secondary N) is 3. The van der Waals surface area contributed by atoms with E-state index in [4.69, 9.17) is 4.84 Å². The highest BCUT2D eigenvalue weighted by atomic mass is 16.7. The molecule has 3 heterocycles. The molecule has 2 aromatic rings. The zero-order valence-electron chi connectivity index (χ0n) is 18.4. The van der Waals surface area contributed by atoms with Crippen molar-refractivity contribution in [3.8, 4) is 0 Å². The normalized spacial score (nSPS) is 18.2. The van der Waals surface area contributed by atoms with E-state index >= 15 is 0 Å².